The van der Waals surface area contributed by atoms with E-state index in [-0.39, 0.29) is 39.7 Å². The largest absolute Gasteiger partial charge is 0.414 e. The number of aliphatic hydroxyl groups excluding tert-OH is 1. The Bertz CT molecular complexity index is 1160. The van der Waals surface area contributed by atoms with Crippen molar-refractivity contribution >= 4 is 22.5 Å². The number of aliphatic hydroxyl groups is 1. The van der Waals surface area contributed by atoms with Crippen LogP contribution < -0.4 is 5.32 Å². The summed E-state index contributed by atoms with van der Waals surface area (Å²) in [5.41, 5.74) is 2.67. The smallest absolute Gasteiger partial charge is 0.414 e. The Morgan fingerprint density at radius 2 is 1.46 bits per heavy atom. The number of halogens is 3. The number of hydrogen-bond acceptors (Lipinski definition) is 4. The van der Waals surface area contributed by atoms with E-state index in [1.165, 1.54) is 11.1 Å². The van der Waals surface area contributed by atoms with Crippen LogP contribution in [0.4, 0.5) is 13.2 Å². The minimum atomic E-state index is -4.80. The topological polar surface area (TPSA) is 67.8 Å². The third kappa shape index (κ3) is 9.88. The van der Waals surface area contributed by atoms with Crippen LogP contribution in [0.3, 0.4) is 0 Å². The molecule has 10 heteroatoms. The first-order valence-corrected chi connectivity index (χ1v) is 24.2. The molecule has 3 aliphatic carbocycles. The second kappa shape index (κ2) is 14.6. The van der Waals surface area contributed by atoms with Gasteiger partial charge in [-0.15, -0.1) is 0 Å². The fourth-order valence-corrected chi connectivity index (χ4v) is 10.9. The Morgan fingerprint density at radius 3 is 1.94 bits per heavy atom. The molecule has 3 aliphatic rings. The normalized spacial score (nSPS) is 30.4. The van der Waals surface area contributed by atoms with Gasteiger partial charge < -0.3 is 19.3 Å². The van der Waals surface area contributed by atoms with Gasteiger partial charge in [0.05, 0.1) is 18.6 Å². The molecule has 0 heterocycles. The molecule has 48 heavy (non-hydrogen) atoms. The average Bonchev–Trinajstić information content (AvgIpc) is 3.27. The summed E-state index contributed by atoms with van der Waals surface area (Å²) in [6.45, 7) is 30.1. The summed E-state index contributed by atoms with van der Waals surface area (Å²) in [5, 5.41) is 12.3. The molecule has 0 spiro atoms. The van der Waals surface area contributed by atoms with Gasteiger partial charge in [-0.3, -0.25) is 4.79 Å². The zero-order valence-corrected chi connectivity index (χ0v) is 34.4. The summed E-state index contributed by atoms with van der Waals surface area (Å²) in [6, 6.07) is 0. The van der Waals surface area contributed by atoms with Crippen molar-refractivity contribution in [2.45, 2.75) is 181 Å². The Labute approximate surface area is 292 Å². The number of allylic oxidation sites excluding steroid dienone is 3. The lowest BCUT2D eigenvalue weighted by molar-refractivity contribution is -0.205. The molecular weight excluding hydrogens is 648 g/mol. The van der Waals surface area contributed by atoms with Crippen molar-refractivity contribution in [3.8, 4) is 0 Å². The molecule has 3 fully saturated rings. The van der Waals surface area contributed by atoms with Gasteiger partial charge in [-0.05, 0) is 110 Å². The zero-order valence-electron chi connectivity index (χ0n) is 32.4. The van der Waals surface area contributed by atoms with Gasteiger partial charge in [-0.25, -0.2) is 0 Å². The van der Waals surface area contributed by atoms with E-state index in [9.17, 15) is 23.1 Å². The van der Waals surface area contributed by atoms with E-state index in [4.69, 9.17) is 8.85 Å². The van der Waals surface area contributed by atoms with Gasteiger partial charge in [0.25, 0.3) is 0 Å². The first-order valence-electron chi connectivity index (χ1n) is 18.3. The predicted octanol–water partition coefficient (Wildman–Crippen LogP) is 10.5. The van der Waals surface area contributed by atoms with Gasteiger partial charge in [0, 0.05) is 6.54 Å². The van der Waals surface area contributed by atoms with E-state index in [1.54, 1.807) is 0 Å². The molecule has 0 bridgehead atoms. The highest BCUT2D eigenvalue weighted by Gasteiger charge is 2.54. The number of carbonyl (C=O) groups is 1. The van der Waals surface area contributed by atoms with Crippen molar-refractivity contribution in [3.05, 3.63) is 23.3 Å². The molecule has 5 nitrogen and oxygen atoms in total. The third-order valence-corrected chi connectivity index (χ3v) is 22.0. The van der Waals surface area contributed by atoms with Crippen LogP contribution in [0.25, 0.3) is 0 Å². The Balaban J connectivity index is 1.81. The predicted molar refractivity (Wildman–Crippen MR) is 196 cm³/mol. The number of alkyl halides is 3. The maximum absolute atomic E-state index is 12.8. The van der Waals surface area contributed by atoms with Crippen molar-refractivity contribution in [3.63, 3.8) is 0 Å². The van der Waals surface area contributed by atoms with E-state index < -0.39 is 41.2 Å². The zero-order chi connectivity index (χ0) is 36.7. The molecule has 0 radical (unpaired) electrons. The van der Waals surface area contributed by atoms with Crippen LogP contribution in [0.5, 0.6) is 0 Å². The molecule has 3 saturated carbocycles. The van der Waals surface area contributed by atoms with Crippen LogP contribution >= 0.6 is 0 Å². The molecule has 0 aliphatic heterocycles. The SMILES string of the molecule is CC(C)(CNC(=O)C[C@@H](O)C(F)(F)F)[C@H]1CCC2C(=CC=C3CC(O[Si](C)(C)C(C)(C)C)C[C@H](O[Si](C)(C)C(C)(C)C)C3)CCC[C@@]21C. The molecule has 2 N–H and O–H groups in total. The molecule has 1 amide bonds. The highest BCUT2D eigenvalue weighted by atomic mass is 28.4. The minimum absolute atomic E-state index is 0.0524. The van der Waals surface area contributed by atoms with Crippen molar-refractivity contribution in [1.29, 1.82) is 0 Å². The minimum Gasteiger partial charge on any atom is -0.414 e. The number of hydrogen-bond donors (Lipinski definition) is 2. The fraction of sp³-hybridized carbons (Fsp3) is 0.868. The quantitative estimate of drug-likeness (QED) is 0.221. The molecular formula is C38H68F3NO4Si2. The molecule has 2 unspecified atom stereocenters. The first-order chi connectivity index (χ1) is 21.6. The summed E-state index contributed by atoms with van der Waals surface area (Å²) in [7, 11) is -3.92. The van der Waals surface area contributed by atoms with E-state index in [0.29, 0.717) is 11.8 Å². The summed E-state index contributed by atoms with van der Waals surface area (Å²) >= 11 is 0. The van der Waals surface area contributed by atoms with Gasteiger partial charge in [-0.2, -0.15) is 13.2 Å². The molecule has 0 saturated heterocycles. The molecule has 3 rings (SSSR count). The first kappa shape index (κ1) is 41.5. The van der Waals surface area contributed by atoms with Crippen molar-refractivity contribution in [2.75, 3.05) is 6.54 Å². The van der Waals surface area contributed by atoms with Gasteiger partial charge in [0.15, 0.2) is 22.7 Å². The van der Waals surface area contributed by atoms with E-state index >= 15 is 0 Å². The molecule has 0 aromatic rings. The van der Waals surface area contributed by atoms with Gasteiger partial charge >= 0.3 is 6.18 Å². The monoisotopic (exact) mass is 715 g/mol. The van der Waals surface area contributed by atoms with E-state index in [0.717, 1.165) is 51.4 Å². The molecule has 6 atom stereocenters. The Kier molecular flexibility index (Phi) is 12.6. The summed E-state index contributed by atoms with van der Waals surface area (Å²) in [5.74, 6) is -0.00139. The average molecular weight is 716 g/mol. The Morgan fingerprint density at radius 1 is 0.938 bits per heavy atom. The maximum atomic E-state index is 12.8. The van der Waals surface area contributed by atoms with Crippen molar-refractivity contribution in [2.24, 2.45) is 22.7 Å². The number of nitrogens with one attached hydrogen (secondary N) is 1. The van der Waals surface area contributed by atoms with Crippen LogP contribution in [0.2, 0.25) is 36.3 Å². The van der Waals surface area contributed by atoms with Crippen LogP contribution in [-0.2, 0) is 13.6 Å². The van der Waals surface area contributed by atoms with Gasteiger partial charge in [0.1, 0.15) is 0 Å². The van der Waals surface area contributed by atoms with E-state index in [1.807, 2.05) is 0 Å². The second-order valence-corrected chi connectivity index (χ2v) is 28.8. The summed E-state index contributed by atoms with van der Waals surface area (Å²) in [4.78, 5) is 12.3. The van der Waals surface area contributed by atoms with E-state index in [2.05, 4.69) is 106 Å². The maximum Gasteiger partial charge on any atom is 0.414 e. The number of rotatable bonds is 10. The molecule has 0 aromatic heterocycles. The highest BCUT2D eigenvalue weighted by Crippen LogP contribution is 2.62. The van der Waals surface area contributed by atoms with Crippen LogP contribution in [0, 0.1) is 22.7 Å². The lowest BCUT2D eigenvalue weighted by Gasteiger charge is -2.48. The second-order valence-electron chi connectivity index (χ2n) is 19.3. The lowest BCUT2D eigenvalue weighted by Crippen LogP contribution is -2.48. The van der Waals surface area contributed by atoms with Crippen LogP contribution in [0.15, 0.2) is 23.3 Å². The molecule has 0 aromatic carbocycles. The fourth-order valence-electron chi connectivity index (χ4n) is 8.19. The van der Waals surface area contributed by atoms with Crippen molar-refractivity contribution < 1.29 is 31.9 Å². The van der Waals surface area contributed by atoms with Crippen molar-refractivity contribution in [1.82, 2.24) is 5.32 Å². The standard InChI is InChI=1S/C38H68F3NO4Si2/c1-34(2,3)47(10,11)45-28-21-26(22-29(23-28)46-48(12,13)35(4,5)6)16-17-27-15-14-20-37(9)30(27)18-19-31(37)36(7,8)25-42-33(44)24-32(43)38(39,40)41/h16-17,28-32,43H,14-15,18-25H2,1-13H3,(H,42,44)/t28-,29?,30?,31-,32-,37+/m1/s1. The van der Waals surface area contributed by atoms with Gasteiger partial charge in [-0.1, -0.05) is 85.6 Å². The highest BCUT2D eigenvalue weighted by molar-refractivity contribution is 6.74. The third-order valence-electron chi connectivity index (χ3n) is 13.0. The molecule has 278 valence electrons. The lowest BCUT2D eigenvalue weighted by atomic mass is 9.57. The number of fused-ring (bicyclic) bond motifs is 1. The number of carbonyl (C=O) groups excluding carboxylic acids is 1. The van der Waals surface area contributed by atoms with Crippen LogP contribution in [-0.4, -0.2) is 58.7 Å². The summed E-state index contributed by atoms with van der Waals surface area (Å²) < 4.78 is 52.4. The Hall–Kier alpha value is -0.946. The van der Waals surface area contributed by atoms with Gasteiger partial charge in [0.2, 0.25) is 5.91 Å². The summed E-state index contributed by atoms with van der Waals surface area (Å²) in [6.07, 6.45) is 4.90. The van der Waals surface area contributed by atoms with Crippen LogP contribution in [0.1, 0.15) is 120 Å². The number of amides is 1.